The quantitative estimate of drug-likeness (QED) is 0.516. The summed E-state index contributed by atoms with van der Waals surface area (Å²) in [6.45, 7) is 2.01. The number of hydrogen-bond donors (Lipinski definition) is 1. The Morgan fingerprint density at radius 1 is 1.10 bits per heavy atom. The second-order valence-corrected chi connectivity index (χ2v) is 7.78. The van der Waals surface area contributed by atoms with E-state index in [1.807, 2.05) is 22.9 Å². The molecule has 6 nitrogen and oxygen atoms in total. The Bertz CT molecular complexity index is 995. The molecule has 0 radical (unpaired) electrons. The van der Waals surface area contributed by atoms with Crippen molar-refractivity contribution in [1.29, 1.82) is 0 Å². The molecule has 0 bridgehead atoms. The topological polar surface area (TPSA) is 73.9 Å². The van der Waals surface area contributed by atoms with Gasteiger partial charge in [-0.05, 0) is 24.4 Å². The molecule has 0 unspecified atom stereocenters. The first-order valence-corrected chi connectivity index (χ1v) is 10.7. The number of carbonyl (C=O) groups excluding carboxylic acids is 2. The summed E-state index contributed by atoms with van der Waals surface area (Å²) in [4.78, 5) is 26.2. The summed E-state index contributed by atoms with van der Waals surface area (Å²) >= 11 is 2.83. The Labute approximate surface area is 177 Å². The molecule has 0 saturated heterocycles. The van der Waals surface area contributed by atoms with Crippen LogP contribution in [-0.4, -0.2) is 32.7 Å². The van der Waals surface area contributed by atoms with Crippen molar-refractivity contribution < 1.29 is 23.8 Å². The summed E-state index contributed by atoms with van der Waals surface area (Å²) in [5.41, 5.74) is 1.87. The van der Waals surface area contributed by atoms with Crippen LogP contribution in [0.3, 0.4) is 0 Å². The first-order valence-electron chi connectivity index (χ1n) is 8.90. The lowest BCUT2D eigenvalue weighted by Gasteiger charge is -2.11. The zero-order valence-corrected chi connectivity index (χ0v) is 17.9. The minimum Gasteiger partial charge on any atom is -0.497 e. The smallest absolute Gasteiger partial charge is 0.341 e. The van der Waals surface area contributed by atoms with E-state index in [1.54, 1.807) is 39.3 Å². The van der Waals surface area contributed by atoms with E-state index in [2.05, 4.69) is 5.32 Å². The molecule has 0 saturated carbocycles. The Hall–Kier alpha value is -2.84. The van der Waals surface area contributed by atoms with Gasteiger partial charge in [0.2, 0.25) is 5.91 Å². The summed E-state index contributed by atoms with van der Waals surface area (Å²) < 4.78 is 15.8. The normalized spacial score (nSPS) is 10.4. The standard InChI is InChI=1S/C21H21NO5S2/c1-4-27-21(24)19-15(17-6-5-9-28-17)12-29-20(19)22-18(23)10-13-7-8-14(25-2)11-16(13)26-3/h5-9,11-12H,4,10H2,1-3H3,(H,22,23). The van der Waals surface area contributed by atoms with E-state index < -0.39 is 5.97 Å². The van der Waals surface area contributed by atoms with Crippen LogP contribution in [0.2, 0.25) is 0 Å². The van der Waals surface area contributed by atoms with Gasteiger partial charge in [0.1, 0.15) is 22.1 Å². The zero-order valence-electron chi connectivity index (χ0n) is 16.3. The molecule has 0 aliphatic heterocycles. The van der Waals surface area contributed by atoms with Crippen LogP contribution in [0.25, 0.3) is 10.4 Å². The molecular weight excluding hydrogens is 410 g/mol. The number of hydrogen-bond acceptors (Lipinski definition) is 7. The van der Waals surface area contributed by atoms with Gasteiger partial charge in [0, 0.05) is 27.5 Å². The van der Waals surface area contributed by atoms with Gasteiger partial charge < -0.3 is 19.5 Å². The minimum atomic E-state index is -0.450. The molecule has 0 fully saturated rings. The Balaban J connectivity index is 1.84. The molecule has 0 spiro atoms. The second-order valence-electron chi connectivity index (χ2n) is 5.95. The molecule has 152 valence electrons. The molecule has 3 rings (SSSR count). The number of thiophene rings is 2. The monoisotopic (exact) mass is 431 g/mol. The SMILES string of the molecule is CCOC(=O)c1c(-c2cccs2)csc1NC(=O)Cc1ccc(OC)cc1OC. The van der Waals surface area contributed by atoms with Crippen molar-refractivity contribution >= 4 is 39.6 Å². The average Bonchev–Trinajstić information content (AvgIpc) is 3.38. The van der Waals surface area contributed by atoms with Crippen LogP contribution < -0.4 is 14.8 Å². The third kappa shape index (κ3) is 4.78. The molecule has 8 heteroatoms. The van der Waals surface area contributed by atoms with Crippen molar-refractivity contribution in [3.05, 3.63) is 52.2 Å². The van der Waals surface area contributed by atoms with Gasteiger partial charge >= 0.3 is 5.97 Å². The van der Waals surface area contributed by atoms with E-state index in [4.69, 9.17) is 14.2 Å². The second kappa shape index (κ2) is 9.58. The maximum atomic E-state index is 12.7. The number of carbonyl (C=O) groups is 2. The van der Waals surface area contributed by atoms with Crippen LogP contribution in [-0.2, 0) is 16.0 Å². The van der Waals surface area contributed by atoms with Crippen LogP contribution >= 0.6 is 22.7 Å². The van der Waals surface area contributed by atoms with Gasteiger partial charge in [0.25, 0.3) is 0 Å². The molecule has 1 amide bonds. The molecule has 1 N–H and O–H groups in total. The van der Waals surface area contributed by atoms with Crippen LogP contribution in [0, 0.1) is 0 Å². The van der Waals surface area contributed by atoms with Crippen molar-refractivity contribution in [2.75, 3.05) is 26.1 Å². The highest BCUT2D eigenvalue weighted by atomic mass is 32.1. The van der Waals surface area contributed by atoms with Gasteiger partial charge in [-0.15, -0.1) is 22.7 Å². The molecule has 0 aliphatic rings. The lowest BCUT2D eigenvalue weighted by Crippen LogP contribution is -2.17. The highest BCUT2D eigenvalue weighted by molar-refractivity contribution is 7.17. The van der Waals surface area contributed by atoms with E-state index in [-0.39, 0.29) is 18.9 Å². The van der Waals surface area contributed by atoms with Gasteiger partial charge in [-0.1, -0.05) is 12.1 Å². The first kappa shape index (κ1) is 20.9. The number of anilines is 1. The fraction of sp³-hybridized carbons (Fsp3) is 0.238. The number of methoxy groups -OCH3 is 2. The van der Waals surface area contributed by atoms with Gasteiger partial charge in [-0.2, -0.15) is 0 Å². The number of amides is 1. The van der Waals surface area contributed by atoms with Gasteiger partial charge in [-0.25, -0.2) is 4.79 Å². The number of benzene rings is 1. The lowest BCUT2D eigenvalue weighted by atomic mass is 10.1. The summed E-state index contributed by atoms with van der Waals surface area (Å²) in [5.74, 6) is 0.512. The highest BCUT2D eigenvalue weighted by Crippen LogP contribution is 2.38. The molecule has 29 heavy (non-hydrogen) atoms. The summed E-state index contributed by atoms with van der Waals surface area (Å²) in [6.07, 6.45) is 0.0989. The van der Waals surface area contributed by atoms with E-state index in [9.17, 15) is 9.59 Å². The van der Waals surface area contributed by atoms with Crippen LogP contribution in [0.1, 0.15) is 22.8 Å². The summed E-state index contributed by atoms with van der Waals surface area (Å²) in [7, 11) is 3.11. The molecule has 3 aromatic rings. The number of nitrogens with one attached hydrogen (secondary N) is 1. The Kier molecular flexibility index (Phi) is 6.90. The lowest BCUT2D eigenvalue weighted by molar-refractivity contribution is -0.115. The van der Waals surface area contributed by atoms with E-state index in [0.29, 0.717) is 22.1 Å². The number of rotatable bonds is 8. The third-order valence-electron chi connectivity index (χ3n) is 4.16. The molecule has 2 heterocycles. The Morgan fingerprint density at radius 2 is 1.93 bits per heavy atom. The largest absolute Gasteiger partial charge is 0.497 e. The van der Waals surface area contributed by atoms with E-state index >= 15 is 0 Å². The molecule has 1 aromatic carbocycles. The van der Waals surface area contributed by atoms with Gasteiger partial charge in [0.05, 0.1) is 27.2 Å². The fourth-order valence-electron chi connectivity index (χ4n) is 2.81. The highest BCUT2D eigenvalue weighted by Gasteiger charge is 2.23. The number of esters is 1. The predicted octanol–water partition coefficient (Wildman–Crippen LogP) is 4.85. The van der Waals surface area contributed by atoms with E-state index in [1.165, 1.54) is 22.7 Å². The van der Waals surface area contributed by atoms with Crippen molar-refractivity contribution in [2.45, 2.75) is 13.3 Å². The van der Waals surface area contributed by atoms with Crippen LogP contribution in [0.5, 0.6) is 11.5 Å². The number of ether oxygens (including phenoxy) is 3. The zero-order chi connectivity index (χ0) is 20.8. The fourth-order valence-corrected chi connectivity index (χ4v) is 4.60. The maximum absolute atomic E-state index is 12.7. The van der Waals surface area contributed by atoms with Crippen molar-refractivity contribution in [2.24, 2.45) is 0 Å². The first-order chi connectivity index (χ1) is 14.1. The molecule has 0 aliphatic carbocycles. The van der Waals surface area contributed by atoms with Crippen LogP contribution in [0.15, 0.2) is 41.1 Å². The van der Waals surface area contributed by atoms with Crippen LogP contribution in [0.4, 0.5) is 5.00 Å². The third-order valence-corrected chi connectivity index (χ3v) is 5.95. The average molecular weight is 432 g/mol. The van der Waals surface area contributed by atoms with Gasteiger partial charge in [-0.3, -0.25) is 4.79 Å². The van der Waals surface area contributed by atoms with E-state index in [0.717, 1.165) is 16.0 Å². The minimum absolute atomic E-state index is 0.0989. The van der Waals surface area contributed by atoms with Crippen molar-refractivity contribution in [3.8, 4) is 21.9 Å². The summed E-state index contributed by atoms with van der Waals surface area (Å²) in [5, 5.41) is 7.14. The summed E-state index contributed by atoms with van der Waals surface area (Å²) in [6, 6.07) is 9.14. The molecule has 0 atom stereocenters. The van der Waals surface area contributed by atoms with Crippen molar-refractivity contribution in [1.82, 2.24) is 0 Å². The molecule has 2 aromatic heterocycles. The van der Waals surface area contributed by atoms with Crippen molar-refractivity contribution in [3.63, 3.8) is 0 Å². The Morgan fingerprint density at radius 3 is 2.59 bits per heavy atom. The van der Waals surface area contributed by atoms with Gasteiger partial charge in [0.15, 0.2) is 0 Å². The molecular formula is C21H21NO5S2. The predicted molar refractivity (Wildman–Crippen MR) is 115 cm³/mol. The maximum Gasteiger partial charge on any atom is 0.341 e.